The highest BCUT2D eigenvalue weighted by Crippen LogP contribution is 2.16. The second kappa shape index (κ2) is 9.47. The van der Waals surface area contributed by atoms with Gasteiger partial charge in [-0.3, -0.25) is 9.59 Å². The van der Waals surface area contributed by atoms with Crippen molar-refractivity contribution in [3.8, 4) is 0 Å². The molecule has 2 aromatic carbocycles. The van der Waals surface area contributed by atoms with E-state index in [1.807, 2.05) is 0 Å². The lowest BCUT2D eigenvalue weighted by atomic mass is 10.2. The number of rotatable bonds is 7. The highest BCUT2D eigenvalue weighted by Gasteiger charge is 2.14. The fourth-order valence-corrected chi connectivity index (χ4v) is 2.43. The number of esters is 1. The molecule has 0 saturated carbocycles. The van der Waals surface area contributed by atoms with E-state index < -0.39 is 11.8 Å². The number of nitrogens with one attached hydrogen (secondary N) is 1. The smallest absolute Gasteiger partial charge is 0.338 e. The van der Waals surface area contributed by atoms with Crippen molar-refractivity contribution in [3.05, 3.63) is 59.9 Å². The molecule has 0 atom stereocenters. The van der Waals surface area contributed by atoms with Crippen LogP contribution in [0.4, 0.5) is 15.8 Å². The van der Waals surface area contributed by atoms with E-state index in [1.165, 1.54) is 36.1 Å². The van der Waals surface area contributed by atoms with Crippen LogP contribution >= 0.6 is 0 Å². The van der Waals surface area contributed by atoms with E-state index in [0.717, 1.165) is 0 Å². The van der Waals surface area contributed by atoms with Crippen molar-refractivity contribution in [2.45, 2.75) is 20.3 Å². The molecule has 0 unspecified atom stereocenters. The average Bonchev–Trinajstić information content (AvgIpc) is 2.64. The number of amides is 2. The Morgan fingerprint density at radius 3 is 2.22 bits per heavy atom. The van der Waals surface area contributed by atoms with E-state index in [0.29, 0.717) is 16.9 Å². The number of nitrogens with zero attached hydrogens (tertiary/aromatic N) is 1. The molecule has 6 nitrogen and oxygen atoms in total. The summed E-state index contributed by atoms with van der Waals surface area (Å²) in [5.41, 5.74) is 1.45. The van der Waals surface area contributed by atoms with Crippen LogP contribution in [0.5, 0.6) is 0 Å². The zero-order valence-corrected chi connectivity index (χ0v) is 15.2. The Hall–Kier alpha value is -3.22. The summed E-state index contributed by atoms with van der Waals surface area (Å²) >= 11 is 0. The fraction of sp³-hybridized carbons (Fsp3) is 0.250. The first-order chi connectivity index (χ1) is 12.9. The van der Waals surface area contributed by atoms with Gasteiger partial charge in [0.1, 0.15) is 5.82 Å². The Balaban J connectivity index is 1.93. The van der Waals surface area contributed by atoms with Gasteiger partial charge in [-0.2, -0.15) is 0 Å². The average molecular weight is 372 g/mol. The Labute approximate surface area is 156 Å². The molecule has 7 heteroatoms. The Kier molecular flexibility index (Phi) is 7.05. The molecule has 0 saturated heterocycles. The summed E-state index contributed by atoms with van der Waals surface area (Å²) in [6, 6.07) is 11.8. The predicted octanol–water partition coefficient (Wildman–Crippen LogP) is 3.38. The molecule has 0 aliphatic heterocycles. The first-order valence-corrected chi connectivity index (χ1v) is 8.51. The van der Waals surface area contributed by atoms with E-state index in [1.54, 1.807) is 31.2 Å². The molecule has 0 spiro atoms. The van der Waals surface area contributed by atoms with Crippen LogP contribution in [0, 0.1) is 5.82 Å². The standard InChI is InChI=1S/C20H21FN2O4/c1-3-27-20(26)15-4-8-17(9-5-15)22-19(25)12-13-23(14(2)24)18-10-6-16(21)7-11-18/h4-11H,3,12-13H2,1-2H3,(H,22,25). The lowest BCUT2D eigenvalue weighted by Crippen LogP contribution is -2.31. The predicted molar refractivity (Wildman–Crippen MR) is 100 cm³/mol. The number of carbonyl (C=O) groups excluding carboxylic acids is 3. The molecule has 27 heavy (non-hydrogen) atoms. The first kappa shape index (κ1) is 20.1. The lowest BCUT2D eigenvalue weighted by Gasteiger charge is -2.21. The van der Waals surface area contributed by atoms with Crippen LogP contribution in [0.15, 0.2) is 48.5 Å². The molecular weight excluding hydrogens is 351 g/mol. The van der Waals surface area contributed by atoms with Crippen LogP contribution in [0.3, 0.4) is 0 Å². The van der Waals surface area contributed by atoms with Gasteiger partial charge in [-0.1, -0.05) is 0 Å². The largest absolute Gasteiger partial charge is 0.462 e. The second-order valence-electron chi connectivity index (χ2n) is 5.74. The van der Waals surface area contributed by atoms with Crippen molar-refractivity contribution in [1.29, 1.82) is 0 Å². The Bertz CT molecular complexity index is 804. The third-order valence-electron chi connectivity index (χ3n) is 3.76. The lowest BCUT2D eigenvalue weighted by molar-refractivity contribution is -0.117. The molecule has 2 rings (SSSR count). The van der Waals surface area contributed by atoms with Crippen LogP contribution in [0.25, 0.3) is 0 Å². The molecule has 2 aromatic rings. The molecule has 0 radical (unpaired) electrons. The molecular formula is C20H21FN2O4. The van der Waals surface area contributed by atoms with Crippen LogP contribution in [-0.2, 0) is 14.3 Å². The number of ether oxygens (including phenoxy) is 1. The quantitative estimate of drug-likeness (QED) is 0.756. The van der Waals surface area contributed by atoms with E-state index >= 15 is 0 Å². The van der Waals surface area contributed by atoms with E-state index in [4.69, 9.17) is 4.74 Å². The van der Waals surface area contributed by atoms with Crippen molar-refractivity contribution in [2.75, 3.05) is 23.4 Å². The van der Waals surface area contributed by atoms with Crippen LogP contribution < -0.4 is 10.2 Å². The SMILES string of the molecule is CCOC(=O)c1ccc(NC(=O)CCN(C(C)=O)c2ccc(F)cc2)cc1. The van der Waals surface area contributed by atoms with Crippen molar-refractivity contribution < 1.29 is 23.5 Å². The molecule has 142 valence electrons. The normalized spacial score (nSPS) is 10.2. The van der Waals surface area contributed by atoms with E-state index in [2.05, 4.69) is 5.32 Å². The fourth-order valence-electron chi connectivity index (χ4n) is 2.43. The van der Waals surface area contributed by atoms with Crippen molar-refractivity contribution in [1.82, 2.24) is 0 Å². The maximum Gasteiger partial charge on any atom is 0.338 e. The van der Waals surface area contributed by atoms with Gasteiger partial charge in [0.15, 0.2) is 0 Å². The summed E-state index contributed by atoms with van der Waals surface area (Å²) in [4.78, 5) is 37.0. The van der Waals surface area contributed by atoms with E-state index in [9.17, 15) is 18.8 Å². The maximum absolute atomic E-state index is 13.0. The topological polar surface area (TPSA) is 75.7 Å². The molecule has 1 N–H and O–H groups in total. The summed E-state index contributed by atoms with van der Waals surface area (Å²) in [5, 5.41) is 2.71. The highest BCUT2D eigenvalue weighted by atomic mass is 19.1. The molecule has 2 amide bonds. The van der Waals surface area contributed by atoms with Gasteiger partial charge in [0, 0.05) is 31.3 Å². The van der Waals surface area contributed by atoms with Gasteiger partial charge < -0.3 is 15.0 Å². The number of hydrogen-bond acceptors (Lipinski definition) is 4. The van der Waals surface area contributed by atoms with Gasteiger partial charge in [0.2, 0.25) is 11.8 Å². The van der Waals surface area contributed by atoms with Gasteiger partial charge in [-0.15, -0.1) is 0 Å². The third kappa shape index (κ3) is 5.91. The molecule has 0 bridgehead atoms. The van der Waals surface area contributed by atoms with Gasteiger partial charge in [-0.25, -0.2) is 9.18 Å². The minimum absolute atomic E-state index is 0.0661. The molecule has 0 aliphatic rings. The second-order valence-corrected chi connectivity index (χ2v) is 5.74. The minimum Gasteiger partial charge on any atom is -0.462 e. The first-order valence-electron chi connectivity index (χ1n) is 8.51. The Morgan fingerprint density at radius 2 is 1.67 bits per heavy atom. The minimum atomic E-state index is -0.424. The number of benzene rings is 2. The van der Waals surface area contributed by atoms with E-state index in [-0.39, 0.29) is 31.4 Å². The number of carbonyl (C=O) groups is 3. The summed E-state index contributed by atoms with van der Waals surface area (Å²) in [6.45, 7) is 3.56. The Morgan fingerprint density at radius 1 is 1.04 bits per heavy atom. The van der Waals surface area contributed by atoms with Crippen LogP contribution in [0.2, 0.25) is 0 Å². The van der Waals surface area contributed by atoms with Gasteiger partial charge in [0.25, 0.3) is 0 Å². The molecule has 0 heterocycles. The summed E-state index contributed by atoms with van der Waals surface area (Å²) in [7, 11) is 0. The summed E-state index contributed by atoms with van der Waals surface area (Å²) in [6.07, 6.45) is 0.0661. The van der Waals surface area contributed by atoms with Gasteiger partial charge >= 0.3 is 5.97 Å². The van der Waals surface area contributed by atoms with Crippen molar-refractivity contribution in [3.63, 3.8) is 0 Å². The van der Waals surface area contributed by atoms with Crippen molar-refractivity contribution >= 4 is 29.2 Å². The monoisotopic (exact) mass is 372 g/mol. The molecule has 0 aromatic heterocycles. The highest BCUT2D eigenvalue weighted by molar-refractivity contribution is 5.95. The summed E-state index contributed by atoms with van der Waals surface area (Å²) < 4.78 is 17.9. The number of halogens is 1. The number of hydrogen-bond donors (Lipinski definition) is 1. The van der Waals surface area contributed by atoms with Crippen LogP contribution in [-0.4, -0.2) is 30.9 Å². The maximum atomic E-state index is 13.0. The zero-order chi connectivity index (χ0) is 19.8. The number of anilines is 2. The van der Waals surface area contributed by atoms with Crippen molar-refractivity contribution in [2.24, 2.45) is 0 Å². The zero-order valence-electron chi connectivity index (χ0n) is 15.2. The van der Waals surface area contributed by atoms with Gasteiger partial charge in [-0.05, 0) is 55.5 Å². The molecule has 0 fully saturated rings. The third-order valence-corrected chi connectivity index (χ3v) is 3.76. The molecule has 0 aliphatic carbocycles. The summed E-state index contributed by atoms with van der Waals surface area (Å²) in [5.74, 6) is -1.35. The van der Waals surface area contributed by atoms with Crippen LogP contribution in [0.1, 0.15) is 30.6 Å². The van der Waals surface area contributed by atoms with Gasteiger partial charge in [0.05, 0.1) is 12.2 Å².